The van der Waals surface area contributed by atoms with Crippen LogP contribution in [0.15, 0.2) is 6.20 Å². The average molecular weight is 282 g/mol. The quantitative estimate of drug-likeness (QED) is 0.875. The number of carbonyl (C=O) groups is 2. The maximum Gasteiger partial charge on any atom is 0.490 e. The number of hydrogen-bond donors (Lipinski definition) is 2. The van der Waals surface area contributed by atoms with Crippen molar-refractivity contribution < 1.29 is 33.0 Å². The van der Waals surface area contributed by atoms with Crippen LogP contribution in [0.3, 0.4) is 0 Å². The maximum atomic E-state index is 10.6. The Hall–Kier alpha value is -2.06. The van der Waals surface area contributed by atoms with Crippen LogP contribution < -0.4 is 0 Å². The Bertz CT molecular complexity index is 454. The zero-order chi connectivity index (χ0) is 15.2. The fourth-order valence-electron chi connectivity index (χ4n) is 1.16. The maximum absolute atomic E-state index is 10.6. The molecule has 0 fully saturated rings. The van der Waals surface area contributed by atoms with Crippen LogP contribution in [0, 0.1) is 6.92 Å². The summed E-state index contributed by atoms with van der Waals surface area (Å²) in [6.45, 7) is 3.82. The first-order chi connectivity index (χ1) is 8.57. The summed E-state index contributed by atoms with van der Waals surface area (Å²) >= 11 is 0. The van der Waals surface area contributed by atoms with Gasteiger partial charge in [-0.1, -0.05) is 6.92 Å². The van der Waals surface area contributed by atoms with Gasteiger partial charge in [0.1, 0.15) is 12.4 Å². The van der Waals surface area contributed by atoms with Gasteiger partial charge in [0.2, 0.25) is 0 Å². The first-order valence-electron chi connectivity index (χ1n) is 5.12. The molecule has 0 atom stereocenters. The van der Waals surface area contributed by atoms with Gasteiger partial charge in [0, 0.05) is 12.6 Å². The summed E-state index contributed by atoms with van der Waals surface area (Å²) in [5.74, 6) is -2.76. The van der Waals surface area contributed by atoms with Crippen LogP contribution in [-0.2, 0) is 22.6 Å². The molecular formula is C10H13F3N2O4. The van der Waals surface area contributed by atoms with Crippen LogP contribution in [-0.4, -0.2) is 37.9 Å². The fourth-order valence-corrected chi connectivity index (χ4v) is 1.16. The number of imidazole rings is 1. The van der Waals surface area contributed by atoms with Crippen LogP contribution in [0.1, 0.15) is 18.4 Å². The molecular weight excluding hydrogens is 269 g/mol. The van der Waals surface area contributed by atoms with E-state index in [1.165, 1.54) is 0 Å². The minimum absolute atomic E-state index is 0.00398. The normalized spacial score (nSPS) is 10.6. The second kappa shape index (κ2) is 6.76. The Morgan fingerprint density at radius 2 is 1.84 bits per heavy atom. The fraction of sp³-hybridized carbons (Fsp3) is 0.500. The van der Waals surface area contributed by atoms with E-state index < -0.39 is 18.1 Å². The second-order valence-electron chi connectivity index (χ2n) is 3.48. The van der Waals surface area contributed by atoms with Crippen LogP contribution in [0.25, 0.3) is 0 Å². The SMILES string of the molecule is CCc1nc(C)cn1CC(=O)O.O=C(O)C(F)(F)F. The number of aryl methyl sites for hydroxylation is 2. The summed E-state index contributed by atoms with van der Waals surface area (Å²) in [5.41, 5.74) is 0.869. The average Bonchev–Trinajstić information content (AvgIpc) is 2.57. The minimum atomic E-state index is -5.08. The molecule has 0 amide bonds. The minimum Gasteiger partial charge on any atom is -0.480 e. The molecule has 0 saturated carbocycles. The molecule has 1 rings (SSSR count). The molecule has 108 valence electrons. The third kappa shape index (κ3) is 6.43. The Labute approximate surface area is 106 Å². The summed E-state index contributed by atoms with van der Waals surface area (Å²) in [4.78, 5) is 23.5. The van der Waals surface area contributed by atoms with E-state index in [1.807, 2.05) is 13.8 Å². The number of hydrogen-bond acceptors (Lipinski definition) is 3. The molecule has 19 heavy (non-hydrogen) atoms. The highest BCUT2D eigenvalue weighted by Crippen LogP contribution is 2.13. The number of nitrogens with zero attached hydrogens (tertiary/aromatic N) is 2. The number of alkyl halides is 3. The Morgan fingerprint density at radius 3 is 2.16 bits per heavy atom. The first-order valence-corrected chi connectivity index (χ1v) is 5.12. The van der Waals surface area contributed by atoms with Crippen LogP contribution in [0.4, 0.5) is 13.2 Å². The highest BCUT2D eigenvalue weighted by atomic mass is 19.4. The van der Waals surface area contributed by atoms with Gasteiger partial charge in [-0.25, -0.2) is 9.78 Å². The largest absolute Gasteiger partial charge is 0.490 e. The highest BCUT2D eigenvalue weighted by molar-refractivity contribution is 5.73. The van der Waals surface area contributed by atoms with Gasteiger partial charge in [-0.3, -0.25) is 4.79 Å². The van der Waals surface area contributed by atoms with Gasteiger partial charge in [-0.05, 0) is 6.92 Å². The van der Waals surface area contributed by atoms with Gasteiger partial charge in [0.15, 0.2) is 0 Å². The van der Waals surface area contributed by atoms with Crippen molar-refractivity contribution in [2.75, 3.05) is 0 Å². The lowest BCUT2D eigenvalue weighted by Gasteiger charge is -2.00. The van der Waals surface area contributed by atoms with Crippen molar-refractivity contribution in [2.45, 2.75) is 33.0 Å². The molecule has 0 saturated heterocycles. The van der Waals surface area contributed by atoms with Crippen molar-refractivity contribution in [3.05, 3.63) is 17.7 Å². The molecule has 0 aliphatic carbocycles. The van der Waals surface area contributed by atoms with Crippen molar-refractivity contribution in [1.29, 1.82) is 0 Å². The number of carboxylic acids is 2. The Balaban J connectivity index is 0.000000399. The summed E-state index contributed by atoms with van der Waals surface area (Å²) in [6.07, 6.45) is -2.56. The van der Waals surface area contributed by atoms with Gasteiger partial charge in [0.25, 0.3) is 0 Å². The number of carboxylic acid groups (broad SMARTS) is 2. The molecule has 6 nitrogen and oxygen atoms in total. The van der Waals surface area contributed by atoms with Crippen molar-refractivity contribution in [3.8, 4) is 0 Å². The summed E-state index contributed by atoms with van der Waals surface area (Å²) < 4.78 is 33.4. The molecule has 0 spiro atoms. The summed E-state index contributed by atoms with van der Waals surface area (Å²) in [7, 11) is 0. The van der Waals surface area contributed by atoms with Gasteiger partial charge >= 0.3 is 18.1 Å². The van der Waals surface area contributed by atoms with Gasteiger partial charge in [0.05, 0.1) is 5.69 Å². The zero-order valence-electron chi connectivity index (χ0n) is 10.2. The molecule has 1 aromatic rings. The molecule has 0 radical (unpaired) electrons. The standard InChI is InChI=1S/C8H12N2O2.C2HF3O2/c1-3-7-9-6(2)4-10(7)5-8(11)12;3-2(4,5)1(6)7/h4H,3,5H2,1-2H3,(H,11,12);(H,6,7). The lowest BCUT2D eigenvalue weighted by Crippen LogP contribution is -2.21. The van der Waals surface area contributed by atoms with Crippen molar-refractivity contribution in [1.82, 2.24) is 9.55 Å². The lowest BCUT2D eigenvalue weighted by molar-refractivity contribution is -0.192. The van der Waals surface area contributed by atoms with Gasteiger partial charge in [-0.2, -0.15) is 13.2 Å². The molecule has 0 bridgehead atoms. The van der Waals surface area contributed by atoms with Crippen LogP contribution >= 0.6 is 0 Å². The number of aliphatic carboxylic acids is 2. The third-order valence-corrected chi connectivity index (χ3v) is 1.84. The molecule has 0 aromatic carbocycles. The highest BCUT2D eigenvalue weighted by Gasteiger charge is 2.38. The van der Waals surface area contributed by atoms with E-state index >= 15 is 0 Å². The molecule has 1 heterocycles. The van der Waals surface area contributed by atoms with Gasteiger partial charge < -0.3 is 14.8 Å². The molecule has 0 unspecified atom stereocenters. The second-order valence-corrected chi connectivity index (χ2v) is 3.48. The Kier molecular flexibility index (Phi) is 6.03. The zero-order valence-corrected chi connectivity index (χ0v) is 10.2. The summed E-state index contributed by atoms with van der Waals surface area (Å²) in [5, 5.41) is 15.7. The lowest BCUT2D eigenvalue weighted by atomic mass is 10.4. The third-order valence-electron chi connectivity index (χ3n) is 1.84. The smallest absolute Gasteiger partial charge is 0.480 e. The predicted octanol–water partition coefficient (Wildman–Crippen LogP) is 1.47. The first kappa shape index (κ1) is 16.9. The molecule has 0 aliphatic heterocycles. The number of halogens is 3. The topological polar surface area (TPSA) is 92.4 Å². The van der Waals surface area contributed by atoms with E-state index in [9.17, 15) is 18.0 Å². The van der Waals surface area contributed by atoms with Gasteiger partial charge in [-0.15, -0.1) is 0 Å². The van der Waals surface area contributed by atoms with Crippen molar-refractivity contribution >= 4 is 11.9 Å². The van der Waals surface area contributed by atoms with Crippen LogP contribution in [0.2, 0.25) is 0 Å². The monoisotopic (exact) mass is 282 g/mol. The van der Waals surface area contributed by atoms with Crippen molar-refractivity contribution in [3.63, 3.8) is 0 Å². The van der Waals surface area contributed by atoms with Crippen LogP contribution in [0.5, 0.6) is 0 Å². The Morgan fingerprint density at radius 1 is 1.37 bits per heavy atom. The molecule has 9 heteroatoms. The number of rotatable bonds is 3. The summed E-state index contributed by atoms with van der Waals surface area (Å²) in [6, 6.07) is 0. The molecule has 2 N–H and O–H groups in total. The van der Waals surface area contributed by atoms with E-state index in [-0.39, 0.29) is 6.54 Å². The molecule has 1 aromatic heterocycles. The van der Waals surface area contributed by atoms with Crippen molar-refractivity contribution in [2.24, 2.45) is 0 Å². The number of aromatic nitrogens is 2. The predicted molar refractivity (Wildman–Crippen MR) is 57.7 cm³/mol. The van der Waals surface area contributed by atoms with E-state index in [0.29, 0.717) is 0 Å². The van der Waals surface area contributed by atoms with E-state index in [2.05, 4.69) is 4.98 Å². The van der Waals surface area contributed by atoms with E-state index in [1.54, 1.807) is 10.8 Å². The van der Waals surface area contributed by atoms with E-state index in [0.717, 1.165) is 17.9 Å². The van der Waals surface area contributed by atoms with E-state index in [4.69, 9.17) is 15.0 Å². The molecule has 0 aliphatic rings.